The van der Waals surface area contributed by atoms with Gasteiger partial charge in [-0.2, -0.15) is 5.26 Å². The minimum absolute atomic E-state index is 0.379. The molecule has 0 aromatic heterocycles. The van der Waals surface area contributed by atoms with Crippen LogP contribution in [0.4, 0.5) is 5.69 Å². The van der Waals surface area contributed by atoms with Crippen LogP contribution in [0, 0.1) is 11.3 Å². The molecular weight excluding hydrogens is 198 g/mol. The third-order valence-corrected chi connectivity index (χ3v) is 3.54. The van der Waals surface area contributed by atoms with Crippen LogP contribution in [-0.4, -0.2) is 18.1 Å². The number of likely N-dealkylation sites (N-methyl/N-ethyl adjacent to an activating group) is 1. The zero-order valence-corrected chi connectivity index (χ0v) is 9.38. The van der Waals surface area contributed by atoms with Crippen LogP contribution >= 0.6 is 0 Å². The van der Waals surface area contributed by atoms with Crippen molar-refractivity contribution in [3.05, 3.63) is 41.7 Å². The first kappa shape index (κ1) is 9.29. The Hall–Kier alpha value is -1.95. The Kier molecular flexibility index (Phi) is 1.75. The topological polar surface area (TPSA) is 30.3 Å². The number of hydrogen-bond acceptors (Lipinski definition) is 3. The Balaban J connectivity index is 2.13. The van der Waals surface area contributed by atoms with Gasteiger partial charge in [0, 0.05) is 31.1 Å². The Labute approximate surface area is 95.2 Å². The average molecular weight is 211 g/mol. The number of nitrogens with zero attached hydrogens (tertiary/aromatic N) is 3. The summed E-state index contributed by atoms with van der Waals surface area (Å²) in [5.41, 5.74) is 3.26. The summed E-state index contributed by atoms with van der Waals surface area (Å²) < 4.78 is 0. The first-order chi connectivity index (χ1) is 7.72. The van der Waals surface area contributed by atoms with Gasteiger partial charge in [0.05, 0.1) is 11.6 Å². The molecule has 2 unspecified atom stereocenters. The predicted molar refractivity (Wildman–Crippen MR) is 62.7 cm³/mol. The van der Waals surface area contributed by atoms with Crippen LogP contribution in [0.15, 0.2) is 30.6 Å². The summed E-state index contributed by atoms with van der Waals surface area (Å²) in [7, 11) is 2.09. The minimum atomic E-state index is 0.379. The van der Waals surface area contributed by atoms with Crippen molar-refractivity contribution in [2.24, 2.45) is 0 Å². The zero-order chi connectivity index (χ0) is 11.3. The second-order valence-corrected chi connectivity index (χ2v) is 4.46. The van der Waals surface area contributed by atoms with Gasteiger partial charge < -0.3 is 9.80 Å². The van der Waals surface area contributed by atoms with Crippen molar-refractivity contribution in [2.45, 2.75) is 19.0 Å². The third kappa shape index (κ3) is 1.02. The van der Waals surface area contributed by atoms with Gasteiger partial charge in [-0.1, -0.05) is 6.92 Å². The monoisotopic (exact) mass is 211 g/mol. The van der Waals surface area contributed by atoms with Crippen LogP contribution in [0.25, 0.3) is 0 Å². The zero-order valence-electron chi connectivity index (χ0n) is 9.38. The summed E-state index contributed by atoms with van der Waals surface area (Å²) in [4.78, 5) is 4.50. The van der Waals surface area contributed by atoms with E-state index in [0.717, 1.165) is 5.56 Å². The minimum Gasteiger partial charge on any atom is -0.358 e. The summed E-state index contributed by atoms with van der Waals surface area (Å²) in [5, 5.41) is 8.92. The number of rotatable bonds is 0. The van der Waals surface area contributed by atoms with Gasteiger partial charge in [-0.3, -0.25) is 0 Å². The van der Waals surface area contributed by atoms with E-state index >= 15 is 0 Å². The third-order valence-electron chi connectivity index (χ3n) is 3.54. The number of fused-ring (bicyclic) bond motifs is 3. The smallest absolute Gasteiger partial charge is 0.112 e. The van der Waals surface area contributed by atoms with E-state index in [9.17, 15) is 0 Å². The SMILES string of the molecule is CC1c2cc(C#N)ccc2N2C=CN(C)C12. The fraction of sp³-hybridized carbons (Fsp3) is 0.308. The summed E-state index contributed by atoms with van der Waals surface area (Å²) in [6.07, 6.45) is 4.59. The highest BCUT2D eigenvalue weighted by Gasteiger charge is 2.39. The number of benzene rings is 1. The highest BCUT2D eigenvalue weighted by atomic mass is 15.4. The van der Waals surface area contributed by atoms with Crippen molar-refractivity contribution < 1.29 is 0 Å². The summed E-state index contributed by atoms with van der Waals surface area (Å²) in [5.74, 6) is 0.434. The van der Waals surface area contributed by atoms with Crippen molar-refractivity contribution in [3.8, 4) is 6.07 Å². The normalized spacial score (nSPS) is 25.6. The molecule has 2 aliphatic rings. The van der Waals surface area contributed by atoms with Gasteiger partial charge in [0.1, 0.15) is 6.17 Å². The largest absolute Gasteiger partial charge is 0.358 e. The molecule has 0 fully saturated rings. The van der Waals surface area contributed by atoms with Gasteiger partial charge in [0.25, 0.3) is 0 Å². The fourth-order valence-corrected chi connectivity index (χ4v) is 2.75. The molecule has 2 heterocycles. The number of hydrogen-bond donors (Lipinski definition) is 0. The fourth-order valence-electron chi connectivity index (χ4n) is 2.75. The second-order valence-electron chi connectivity index (χ2n) is 4.46. The van der Waals surface area contributed by atoms with Gasteiger partial charge in [0.2, 0.25) is 0 Å². The summed E-state index contributed by atoms with van der Waals surface area (Å²) >= 11 is 0. The maximum atomic E-state index is 8.92. The molecule has 0 spiro atoms. The molecule has 3 heteroatoms. The molecule has 3 nitrogen and oxygen atoms in total. The molecule has 0 N–H and O–H groups in total. The van der Waals surface area contributed by atoms with Gasteiger partial charge in [-0.15, -0.1) is 0 Å². The van der Waals surface area contributed by atoms with E-state index in [1.165, 1.54) is 11.3 Å². The van der Waals surface area contributed by atoms with Gasteiger partial charge in [-0.05, 0) is 23.8 Å². The Morgan fingerprint density at radius 2 is 2.12 bits per heavy atom. The van der Waals surface area contributed by atoms with Crippen LogP contribution in [0.5, 0.6) is 0 Å². The van der Waals surface area contributed by atoms with Crippen LogP contribution in [-0.2, 0) is 0 Å². The van der Waals surface area contributed by atoms with E-state index in [1.54, 1.807) is 0 Å². The average Bonchev–Trinajstić information content (AvgIpc) is 2.81. The summed E-state index contributed by atoms with van der Waals surface area (Å²) in [6, 6.07) is 8.16. The molecule has 1 aromatic rings. The van der Waals surface area contributed by atoms with Crippen LogP contribution < -0.4 is 4.90 Å². The van der Waals surface area contributed by atoms with Crippen molar-refractivity contribution in [2.75, 3.05) is 11.9 Å². The Bertz CT molecular complexity index is 512. The molecular formula is C13H13N3. The van der Waals surface area contributed by atoms with E-state index in [1.807, 2.05) is 18.2 Å². The lowest BCUT2D eigenvalue weighted by atomic mass is 9.99. The molecule has 16 heavy (non-hydrogen) atoms. The number of nitriles is 1. The highest BCUT2D eigenvalue weighted by Crippen LogP contribution is 2.44. The molecule has 1 aromatic carbocycles. The lowest BCUT2D eigenvalue weighted by molar-refractivity contribution is 0.333. The number of anilines is 1. The predicted octanol–water partition coefficient (Wildman–Crippen LogP) is 2.22. The van der Waals surface area contributed by atoms with E-state index in [0.29, 0.717) is 12.1 Å². The van der Waals surface area contributed by atoms with Crippen molar-refractivity contribution in [1.29, 1.82) is 5.26 Å². The molecule has 80 valence electrons. The van der Waals surface area contributed by atoms with E-state index in [4.69, 9.17) is 5.26 Å². The van der Waals surface area contributed by atoms with E-state index < -0.39 is 0 Å². The van der Waals surface area contributed by atoms with Gasteiger partial charge in [-0.25, -0.2) is 0 Å². The van der Waals surface area contributed by atoms with Crippen LogP contribution in [0.2, 0.25) is 0 Å². The van der Waals surface area contributed by atoms with E-state index in [2.05, 4.69) is 42.2 Å². The quantitative estimate of drug-likeness (QED) is 0.659. The van der Waals surface area contributed by atoms with Crippen molar-refractivity contribution in [1.82, 2.24) is 4.90 Å². The Morgan fingerprint density at radius 1 is 1.31 bits per heavy atom. The molecule has 0 radical (unpaired) electrons. The maximum Gasteiger partial charge on any atom is 0.112 e. The van der Waals surface area contributed by atoms with Crippen molar-refractivity contribution in [3.63, 3.8) is 0 Å². The standard InChI is InChI=1S/C13H13N3/c1-9-11-7-10(8-14)3-4-12(11)16-6-5-15(2)13(9)16/h3-7,9,13H,1-2H3. The van der Waals surface area contributed by atoms with Crippen LogP contribution in [0.1, 0.15) is 24.0 Å². The van der Waals surface area contributed by atoms with E-state index in [-0.39, 0.29) is 0 Å². The lowest BCUT2D eigenvalue weighted by Crippen LogP contribution is -2.35. The lowest BCUT2D eigenvalue weighted by Gasteiger charge is -2.26. The maximum absolute atomic E-state index is 8.92. The molecule has 0 bridgehead atoms. The molecule has 0 saturated carbocycles. The molecule has 2 aliphatic heterocycles. The second kappa shape index (κ2) is 3.02. The molecule has 2 atom stereocenters. The first-order valence-electron chi connectivity index (χ1n) is 5.45. The first-order valence-corrected chi connectivity index (χ1v) is 5.45. The summed E-state index contributed by atoms with van der Waals surface area (Å²) in [6.45, 7) is 2.22. The Morgan fingerprint density at radius 3 is 2.88 bits per heavy atom. The molecule has 0 amide bonds. The highest BCUT2D eigenvalue weighted by molar-refractivity contribution is 5.66. The molecule has 3 rings (SSSR count). The van der Waals surface area contributed by atoms with Gasteiger partial charge in [0.15, 0.2) is 0 Å². The van der Waals surface area contributed by atoms with Gasteiger partial charge >= 0.3 is 0 Å². The molecule has 0 aliphatic carbocycles. The molecule has 0 saturated heterocycles. The van der Waals surface area contributed by atoms with Crippen LogP contribution in [0.3, 0.4) is 0 Å². The van der Waals surface area contributed by atoms with Crippen molar-refractivity contribution >= 4 is 5.69 Å².